The predicted octanol–water partition coefficient (Wildman–Crippen LogP) is 0.646. The molecule has 118 valence electrons. The lowest BCUT2D eigenvalue weighted by Gasteiger charge is -2.33. The first kappa shape index (κ1) is 16.3. The van der Waals surface area contributed by atoms with Gasteiger partial charge in [-0.3, -0.25) is 0 Å². The van der Waals surface area contributed by atoms with Gasteiger partial charge in [0.2, 0.25) is 0 Å². The molecule has 1 aromatic rings. The molecule has 1 aromatic heterocycles. The van der Waals surface area contributed by atoms with Crippen molar-refractivity contribution in [2.75, 3.05) is 39.8 Å². The Bertz CT molecular complexity index is 591. The maximum atomic E-state index is 12.6. The van der Waals surface area contributed by atoms with Gasteiger partial charge in [0.15, 0.2) is 9.90 Å². The van der Waals surface area contributed by atoms with E-state index in [0.29, 0.717) is 26.2 Å². The van der Waals surface area contributed by atoms with Crippen LogP contribution in [0.1, 0.15) is 23.8 Å². The monoisotopic (exact) mass is 333 g/mol. The third-order valence-corrected chi connectivity index (χ3v) is 6.60. The molecule has 9 heteroatoms. The Hall–Kier alpha value is -1.03. The van der Waals surface area contributed by atoms with Crippen molar-refractivity contribution >= 4 is 27.3 Å². The number of ether oxygens (including phenoxy) is 1. The van der Waals surface area contributed by atoms with Crippen LogP contribution in [-0.4, -0.2) is 68.4 Å². The molecule has 0 aliphatic carbocycles. The lowest BCUT2D eigenvalue weighted by atomic mass is 10.3. The van der Waals surface area contributed by atoms with Gasteiger partial charge < -0.3 is 9.64 Å². The molecular formula is C12H19N3O4S2. The summed E-state index contributed by atoms with van der Waals surface area (Å²) in [7, 11) is -2.47. The second-order valence-electron chi connectivity index (χ2n) is 4.73. The van der Waals surface area contributed by atoms with Crippen LogP contribution in [0.4, 0.5) is 0 Å². The average molecular weight is 333 g/mol. The maximum Gasteiger partial charge on any atom is 0.358 e. The Labute approximate surface area is 128 Å². The fourth-order valence-electron chi connectivity index (χ4n) is 2.28. The van der Waals surface area contributed by atoms with Crippen molar-refractivity contribution in [2.45, 2.75) is 17.6 Å². The van der Waals surface area contributed by atoms with Crippen molar-refractivity contribution in [3.63, 3.8) is 0 Å². The van der Waals surface area contributed by atoms with E-state index in [9.17, 15) is 13.2 Å². The number of piperazine rings is 1. The minimum atomic E-state index is -3.68. The summed E-state index contributed by atoms with van der Waals surface area (Å²) in [5.74, 6) is -0.723. The molecule has 0 radical (unpaired) electrons. The summed E-state index contributed by atoms with van der Waals surface area (Å²) in [6.45, 7) is 5.35. The van der Waals surface area contributed by atoms with Gasteiger partial charge in [0.05, 0.1) is 12.6 Å². The van der Waals surface area contributed by atoms with E-state index in [1.54, 1.807) is 0 Å². The van der Waals surface area contributed by atoms with Gasteiger partial charge in [-0.2, -0.15) is 4.31 Å². The normalized spacial score (nSPS) is 17.8. The molecule has 0 atom stereocenters. The van der Waals surface area contributed by atoms with Gasteiger partial charge in [-0.05, 0) is 13.0 Å². The predicted molar refractivity (Wildman–Crippen MR) is 78.9 cm³/mol. The number of carbonyl (C=O) groups is 1. The summed E-state index contributed by atoms with van der Waals surface area (Å²) < 4.78 is 31.2. The highest BCUT2D eigenvalue weighted by Gasteiger charge is 2.33. The Morgan fingerprint density at radius 2 is 2.05 bits per heavy atom. The minimum Gasteiger partial charge on any atom is -0.464 e. The molecule has 1 saturated heterocycles. The van der Waals surface area contributed by atoms with Crippen molar-refractivity contribution in [2.24, 2.45) is 0 Å². The zero-order valence-electron chi connectivity index (χ0n) is 12.1. The smallest absolute Gasteiger partial charge is 0.358 e. The van der Waals surface area contributed by atoms with Crippen LogP contribution in [0.15, 0.2) is 9.72 Å². The van der Waals surface area contributed by atoms with Gasteiger partial charge in [-0.25, -0.2) is 18.2 Å². The molecule has 0 amide bonds. The average Bonchev–Trinajstić information content (AvgIpc) is 2.97. The summed E-state index contributed by atoms with van der Waals surface area (Å²) in [4.78, 5) is 17.6. The van der Waals surface area contributed by atoms with Gasteiger partial charge in [0.25, 0.3) is 10.0 Å². The van der Waals surface area contributed by atoms with Gasteiger partial charge in [-0.15, -0.1) is 11.3 Å². The van der Waals surface area contributed by atoms with Crippen molar-refractivity contribution < 1.29 is 17.9 Å². The molecule has 0 N–H and O–H groups in total. The summed E-state index contributed by atoms with van der Waals surface area (Å²) in [6, 6.07) is 0. The summed E-state index contributed by atoms with van der Waals surface area (Å²) in [5.41, 5.74) is 1.23. The SMILES string of the molecule is CCCN1CCN(S(=O)(=O)c2scnc2C(=O)OC)CC1. The van der Waals surface area contributed by atoms with E-state index in [0.717, 1.165) is 24.3 Å². The number of esters is 1. The zero-order chi connectivity index (χ0) is 15.5. The lowest BCUT2D eigenvalue weighted by Crippen LogP contribution is -2.48. The van der Waals surface area contributed by atoms with E-state index in [1.165, 1.54) is 16.9 Å². The number of sulfonamides is 1. The maximum absolute atomic E-state index is 12.6. The number of thiazole rings is 1. The van der Waals surface area contributed by atoms with Crippen LogP contribution in [0, 0.1) is 0 Å². The van der Waals surface area contributed by atoms with Crippen molar-refractivity contribution in [3.8, 4) is 0 Å². The quantitative estimate of drug-likeness (QED) is 0.736. The van der Waals surface area contributed by atoms with Crippen LogP contribution in [0.5, 0.6) is 0 Å². The van der Waals surface area contributed by atoms with Crippen molar-refractivity contribution in [3.05, 3.63) is 11.2 Å². The third-order valence-electron chi connectivity index (χ3n) is 3.36. The van der Waals surface area contributed by atoms with Crippen LogP contribution in [0.2, 0.25) is 0 Å². The molecular weight excluding hydrogens is 314 g/mol. The number of methoxy groups -OCH3 is 1. The molecule has 1 fully saturated rings. The van der Waals surface area contributed by atoms with Crippen LogP contribution in [0.3, 0.4) is 0 Å². The van der Waals surface area contributed by atoms with Crippen LogP contribution in [-0.2, 0) is 14.8 Å². The van der Waals surface area contributed by atoms with E-state index < -0.39 is 16.0 Å². The Kier molecular flexibility index (Phi) is 5.31. The van der Waals surface area contributed by atoms with Crippen molar-refractivity contribution in [1.29, 1.82) is 0 Å². The Morgan fingerprint density at radius 3 is 2.62 bits per heavy atom. The number of hydrogen-bond acceptors (Lipinski definition) is 7. The van der Waals surface area contributed by atoms with E-state index in [4.69, 9.17) is 0 Å². The molecule has 21 heavy (non-hydrogen) atoms. The highest BCUT2D eigenvalue weighted by atomic mass is 32.2. The summed E-state index contributed by atoms with van der Waals surface area (Å²) in [6.07, 6.45) is 1.05. The Balaban J connectivity index is 2.16. The fraction of sp³-hybridized carbons (Fsp3) is 0.667. The minimum absolute atomic E-state index is 0.0294. The second-order valence-corrected chi connectivity index (χ2v) is 7.71. The molecule has 0 saturated carbocycles. The third kappa shape index (κ3) is 3.42. The molecule has 1 aliphatic heterocycles. The van der Waals surface area contributed by atoms with E-state index in [1.807, 2.05) is 0 Å². The molecule has 1 aliphatic rings. The number of hydrogen-bond donors (Lipinski definition) is 0. The molecule has 0 unspecified atom stereocenters. The standard InChI is InChI=1S/C12H19N3O4S2/c1-3-4-14-5-7-15(8-6-14)21(17,18)12-10(11(16)19-2)13-9-20-12/h9H,3-8H2,1-2H3. The van der Waals surface area contributed by atoms with Gasteiger partial charge >= 0.3 is 5.97 Å². The van der Waals surface area contributed by atoms with E-state index in [-0.39, 0.29) is 9.90 Å². The first-order valence-electron chi connectivity index (χ1n) is 6.75. The highest BCUT2D eigenvalue weighted by Crippen LogP contribution is 2.25. The fourth-order valence-corrected chi connectivity index (χ4v) is 4.97. The molecule has 2 heterocycles. The summed E-state index contributed by atoms with van der Waals surface area (Å²) >= 11 is 0.950. The topological polar surface area (TPSA) is 79.8 Å². The van der Waals surface area contributed by atoms with E-state index in [2.05, 4.69) is 21.5 Å². The van der Waals surface area contributed by atoms with Crippen LogP contribution < -0.4 is 0 Å². The molecule has 0 spiro atoms. The highest BCUT2D eigenvalue weighted by molar-refractivity contribution is 7.91. The summed E-state index contributed by atoms with van der Waals surface area (Å²) in [5, 5.41) is 0. The molecule has 2 rings (SSSR count). The van der Waals surface area contributed by atoms with Gasteiger partial charge in [-0.1, -0.05) is 6.92 Å². The number of carbonyl (C=O) groups excluding carboxylic acids is 1. The van der Waals surface area contributed by atoms with Gasteiger partial charge in [0.1, 0.15) is 0 Å². The molecule has 0 bridgehead atoms. The lowest BCUT2D eigenvalue weighted by molar-refractivity contribution is 0.0590. The number of nitrogens with zero attached hydrogens (tertiary/aromatic N) is 3. The first-order valence-corrected chi connectivity index (χ1v) is 9.07. The van der Waals surface area contributed by atoms with Crippen LogP contribution in [0.25, 0.3) is 0 Å². The first-order chi connectivity index (χ1) is 10.0. The Morgan fingerprint density at radius 1 is 1.38 bits per heavy atom. The number of aromatic nitrogens is 1. The second kappa shape index (κ2) is 6.82. The van der Waals surface area contributed by atoms with Crippen molar-refractivity contribution in [1.82, 2.24) is 14.2 Å². The molecule has 7 nitrogen and oxygen atoms in total. The van der Waals surface area contributed by atoms with Gasteiger partial charge in [0, 0.05) is 26.2 Å². The number of rotatable bonds is 5. The molecule has 0 aromatic carbocycles. The van der Waals surface area contributed by atoms with E-state index >= 15 is 0 Å². The van der Waals surface area contributed by atoms with Crippen LogP contribution >= 0.6 is 11.3 Å². The zero-order valence-corrected chi connectivity index (χ0v) is 13.7. The largest absolute Gasteiger partial charge is 0.464 e.